The first-order chi connectivity index (χ1) is 13.5. The molecule has 2 atom stereocenters. The maximum atomic E-state index is 12.2. The van der Waals surface area contributed by atoms with Crippen molar-refractivity contribution in [3.8, 4) is 5.75 Å². The quantitative estimate of drug-likeness (QED) is 0.496. The minimum absolute atomic E-state index is 0.175. The van der Waals surface area contributed by atoms with Gasteiger partial charge in [0.15, 0.2) is 0 Å². The lowest BCUT2D eigenvalue weighted by molar-refractivity contribution is -0.123. The lowest BCUT2D eigenvalue weighted by Crippen LogP contribution is -2.42. The van der Waals surface area contributed by atoms with Gasteiger partial charge in [-0.3, -0.25) is 4.79 Å². The van der Waals surface area contributed by atoms with E-state index in [0.717, 1.165) is 11.1 Å². The van der Waals surface area contributed by atoms with Gasteiger partial charge in [-0.2, -0.15) is 0 Å². The third-order valence-electron chi connectivity index (χ3n) is 4.26. The van der Waals surface area contributed by atoms with Gasteiger partial charge in [0.05, 0.1) is 12.1 Å². The van der Waals surface area contributed by atoms with Crippen LogP contribution in [0.15, 0.2) is 54.6 Å². The Bertz CT molecular complexity index is 750. The second kappa shape index (κ2) is 10.9. The highest BCUT2D eigenvalue weighted by atomic mass is 16.5. The number of hydrogen-bond acceptors (Lipinski definition) is 5. The molecule has 0 fully saturated rings. The number of carbonyl (C=O) groups is 2. The molecule has 0 aliphatic heterocycles. The largest absolute Gasteiger partial charge is 0.508 e. The van der Waals surface area contributed by atoms with Crippen LogP contribution in [-0.2, 0) is 16.1 Å². The van der Waals surface area contributed by atoms with Gasteiger partial charge in [0.25, 0.3) is 0 Å². The van der Waals surface area contributed by atoms with Crippen molar-refractivity contribution in [3.05, 3.63) is 65.7 Å². The summed E-state index contributed by atoms with van der Waals surface area (Å²) in [5, 5.41) is 14.8. The molecule has 150 valence electrons. The second-order valence-electron chi connectivity index (χ2n) is 6.56. The normalized spacial score (nSPS) is 12.6. The third kappa shape index (κ3) is 7.28. The standard InChI is InChI=1S/C21H27N3O4/c1-15(17-9-11-18(25)12-10-17)24-20(26)19(22)8-5-13-23-21(27)28-14-16-6-3-2-4-7-16/h2-4,6-7,9-12,15,19,25H,5,8,13-14,22H2,1H3,(H,23,27)(H,24,26)/t15-,19-/m1/s1. The van der Waals surface area contributed by atoms with Crippen LogP contribution >= 0.6 is 0 Å². The van der Waals surface area contributed by atoms with Crippen molar-refractivity contribution < 1.29 is 19.4 Å². The molecule has 2 rings (SSSR count). The van der Waals surface area contributed by atoms with E-state index in [1.165, 1.54) is 0 Å². The summed E-state index contributed by atoms with van der Waals surface area (Å²) in [5.41, 5.74) is 7.72. The number of alkyl carbamates (subject to hydrolysis) is 1. The first-order valence-electron chi connectivity index (χ1n) is 9.25. The Labute approximate surface area is 164 Å². The molecule has 5 N–H and O–H groups in total. The summed E-state index contributed by atoms with van der Waals surface area (Å²) in [4.78, 5) is 23.8. The van der Waals surface area contributed by atoms with Crippen molar-refractivity contribution >= 4 is 12.0 Å². The van der Waals surface area contributed by atoms with E-state index < -0.39 is 12.1 Å². The molecule has 0 bridgehead atoms. The molecule has 0 saturated carbocycles. The molecule has 2 amide bonds. The van der Waals surface area contributed by atoms with Crippen molar-refractivity contribution in [2.45, 2.75) is 38.5 Å². The predicted molar refractivity (Wildman–Crippen MR) is 107 cm³/mol. The molecule has 0 saturated heterocycles. The highest BCUT2D eigenvalue weighted by Gasteiger charge is 2.16. The van der Waals surface area contributed by atoms with Crippen LogP contribution in [0.2, 0.25) is 0 Å². The molecular formula is C21H27N3O4. The van der Waals surface area contributed by atoms with E-state index in [0.29, 0.717) is 19.4 Å². The van der Waals surface area contributed by atoms with E-state index >= 15 is 0 Å². The molecule has 0 spiro atoms. The first-order valence-corrected chi connectivity index (χ1v) is 9.25. The molecule has 0 aliphatic carbocycles. The van der Waals surface area contributed by atoms with Crippen molar-refractivity contribution in [3.63, 3.8) is 0 Å². The molecule has 2 aromatic rings. The number of nitrogens with two attached hydrogens (primary N) is 1. The van der Waals surface area contributed by atoms with Gasteiger partial charge in [0.1, 0.15) is 12.4 Å². The summed E-state index contributed by atoms with van der Waals surface area (Å²) in [7, 11) is 0. The SMILES string of the molecule is C[C@@H](NC(=O)[C@H](N)CCCNC(=O)OCc1ccccc1)c1ccc(O)cc1. The van der Waals surface area contributed by atoms with Gasteiger partial charge in [-0.05, 0) is 43.0 Å². The molecular weight excluding hydrogens is 358 g/mol. The van der Waals surface area contributed by atoms with E-state index in [1.54, 1.807) is 24.3 Å². The van der Waals surface area contributed by atoms with Crippen molar-refractivity contribution in [1.29, 1.82) is 0 Å². The topological polar surface area (TPSA) is 114 Å². The number of rotatable bonds is 9. The number of hydrogen-bond donors (Lipinski definition) is 4. The summed E-state index contributed by atoms with van der Waals surface area (Å²) >= 11 is 0. The van der Waals surface area contributed by atoms with Gasteiger partial charge >= 0.3 is 6.09 Å². The zero-order chi connectivity index (χ0) is 20.4. The number of aromatic hydroxyl groups is 1. The lowest BCUT2D eigenvalue weighted by atomic mass is 10.1. The summed E-state index contributed by atoms with van der Waals surface area (Å²) < 4.78 is 5.11. The number of nitrogens with one attached hydrogen (secondary N) is 2. The van der Waals surface area contributed by atoms with Crippen LogP contribution in [0, 0.1) is 0 Å². The molecule has 0 aliphatic rings. The van der Waals surface area contributed by atoms with E-state index in [9.17, 15) is 14.7 Å². The highest BCUT2D eigenvalue weighted by molar-refractivity contribution is 5.81. The Balaban J connectivity index is 1.61. The average molecular weight is 385 g/mol. The predicted octanol–water partition coefficient (Wildman–Crippen LogP) is 2.60. The molecule has 0 unspecified atom stereocenters. The van der Waals surface area contributed by atoms with Crippen LogP contribution in [0.3, 0.4) is 0 Å². The number of phenols is 1. The van der Waals surface area contributed by atoms with Crippen molar-refractivity contribution in [1.82, 2.24) is 10.6 Å². The van der Waals surface area contributed by atoms with Crippen molar-refractivity contribution in [2.24, 2.45) is 5.73 Å². The van der Waals surface area contributed by atoms with E-state index in [2.05, 4.69) is 10.6 Å². The van der Waals surface area contributed by atoms with Crippen molar-refractivity contribution in [2.75, 3.05) is 6.54 Å². The van der Waals surface area contributed by atoms with E-state index in [1.807, 2.05) is 37.3 Å². The summed E-state index contributed by atoms with van der Waals surface area (Å²) in [6.45, 7) is 2.44. The fraction of sp³-hybridized carbons (Fsp3) is 0.333. The van der Waals surface area contributed by atoms with Gasteiger partial charge in [-0.25, -0.2) is 4.79 Å². The second-order valence-corrected chi connectivity index (χ2v) is 6.56. The molecule has 2 aromatic carbocycles. The van der Waals surface area contributed by atoms with Gasteiger partial charge in [-0.15, -0.1) is 0 Å². The smallest absolute Gasteiger partial charge is 0.407 e. The molecule has 7 heteroatoms. The summed E-state index contributed by atoms with van der Waals surface area (Å²) in [6, 6.07) is 15.2. The molecule has 0 heterocycles. The Kier molecular flexibility index (Phi) is 8.30. The molecule has 0 aromatic heterocycles. The number of amides is 2. The fourth-order valence-electron chi connectivity index (χ4n) is 2.58. The van der Waals surface area contributed by atoms with Crippen LogP contribution in [0.25, 0.3) is 0 Å². The summed E-state index contributed by atoms with van der Waals surface area (Å²) in [5.74, 6) is -0.0824. The molecule has 0 radical (unpaired) electrons. The Morgan fingerprint density at radius 1 is 1.11 bits per heavy atom. The number of ether oxygens (including phenoxy) is 1. The minimum atomic E-state index is -0.665. The summed E-state index contributed by atoms with van der Waals surface area (Å²) in [6.07, 6.45) is 0.498. The Morgan fingerprint density at radius 2 is 1.79 bits per heavy atom. The Morgan fingerprint density at radius 3 is 2.46 bits per heavy atom. The lowest BCUT2D eigenvalue weighted by Gasteiger charge is -2.18. The van der Waals surface area contributed by atoms with Crippen LogP contribution in [0.1, 0.15) is 36.9 Å². The maximum absolute atomic E-state index is 12.2. The Hall–Kier alpha value is -3.06. The molecule has 7 nitrogen and oxygen atoms in total. The van der Waals surface area contributed by atoms with Gasteiger partial charge in [0.2, 0.25) is 5.91 Å². The monoisotopic (exact) mass is 385 g/mol. The van der Waals surface area contributed by atoms with Crippen LogP contribution in [0.4, 0.5) is 4.79 Å². The average Bonchev–Trinajstić information content (AvgIpc) is 2.70. The first kappa shape index (κ1) is 21.2. The minimum Gasteiger partial charge on any atom is -0.508 e. The number of benzene rings is 2. The maximum Gasteiger partial charge on any atom is 0.407 e. The van der Waals surface area contributed by atoms with Gasteiger partial charge in [0, 0.05) is 6.54 Å². The van der Waals surface area contributed by atoms with Crippen LogP contribution in [0.5, 0.6) is 5.75 Å². The number of carbonyl (C=O) groups excluding carboxylic acids is 2. The van der Waals surface area contributed by atoms with Gasteiger partial charge in [-0.1, -0.05) is 42.5 Å². The van der Waals surface area contributed by atoms with Crippen LogP contribution < -0.4 is 16.4 Å². The van der Waals surface area contributed by atoms with Crippen LogP contribution in [-0.4, -0.2) is 29.7 Å². The highest BCUT2D eigenvalue weighted by Crippen LogP contribution is 2.16. The van der Waals surface area contributed by atoms with E-state index in [4.69, 9.17) is 10.5 Å². The number of phenolic OH excluding ortho intramolecular Hbond substituents is 1. The third-order valence-corrected chi connectivity index (χ3v) is 4.26. The fourth-order valence-corrected chi connectivity index (χ4v) is 2.58. The van der Waals surface area contributed by atoms with Gasteiger partial charge < -0.3 is 26.2 Å². The van der Waals surface area contributed by atoms with E-state index in [-0.39, 0.29) is 24.3 Å². The zero-order valence-electron chi connectivity index (χ0n) is 15.9. The molecule has 28 heavy (non-hydrogen) atoms. The zero-order valence-corrected chi connectivity index (χ0v) is 15.9.